The van der Waals surface area contributed by atoms with Gasteiger partial charge in [-0.3, -0.25) is 0 Å². The minimum Gasteiger partial charge on any atom is -0.398 e. The molecule has 0 spiro atoms. The Bertz CT molecular complexity index is 419. The number of nitrogens with two attached hydrogens (primary N) is 1. The molecule has 0 radical (unpaired) electrons. The van der Waals surface area contributed by atoms with Crippen molar-refractivity contribution < 1.29 is 13.2 Å². The highest BCUT2D eigenvalue weighted by atomic mass is 35.5. The molecule has 0 amide bonds. The third-order valence-corrected chi connectivity index (χ3v) is 2.85. The van der Waals surface area contributed by atoms with Crippen molar-refractivity contribution in [2.75, 3.05) is 23.7 Å². The molecule has 102 valence electrons. The van der Waals surface area contributed by atoms with Gasteiger partial charge < -0.3 is 10.6 Å². The van der Waals surface area contributed by atoms with Crippen LogP contribution in [0.25, 0.3) is 0 Å². The van der Waals surface area contributed by atoms with Crippen molar-refractivity contribution in [1.29, 1.82) is 0 Å². The molecule has 0 saturated heterocycles. The number of halogens is 4. The van der Waals surface area contributed by atoms with Crippen LogP contribution in [0, 0.1) is 6.92 Å². The smallest absolute Gasteiger partial charge is 0.398 e. The van der Waals surface area contributed by atoms with Crippen LogP contribution >= 0.6 is 11.6 Å². The molecule has 2 nitrogen and oxygen atoms in total. The molecule has 0 bridgehead atoms. The van der Waals surface area contributed by atoms with Gasteiger partial charge in [-0.2, -0.15) is 13.2 Å². The van der Waals surface area contributed by atoms with Gasteiger partial charge in [0.05, 0.1) is 10.7 Å². The summed E-state index contributed by atoms with van der Waals surface area (Å²) in [5, 5.41) is 0.277. The first kappa shape index (κ1) is 15.0. The molecular formula is C12H16ClF3N2. The fraction of sp³-hybridized carbons (Fsp3) is 0.500. The molecule has 6 heteroatoms. The molecule has 0 unspecified atom stereocenters. The predicted octanol–water partition coefficient (Wildman–Crippen LogP) is 4.01. The van der Waals surface area contributed by atoms with Crippen molar-refractivity contribution >= 4 is 23.0 Å². The van der Waals surface area contributed by atoms with E-state index in [0.29, 0.717) is 29.9 Å². The fourth-order valence-corrected chi connectivity index (χ4v) is 1.96. The third kappa shape index (κ3) is 3.98. The number of hydrogen-bond acceptors (Lipinski definition) is 2. The van der Waals surface area contributed by atoms with Crippen LogP contribution in [0.2, 0.25) is 5.02 Å². The molecule has 0 atom stereocenters. The van der Waals surface area contributed by atoms with Crippen LogP contribution in [0.15, 0.2) is 12.1 Å². The van der Waals surface area contributed by atoms with E-state index in [9.17, 15) is 13.2 Å². The largest absolute Gasteiger partial charge is 0.405 e. The highest BCUT2D eigenvalue weighted by Crippen LogP contribution is 2.31. The number of aryl methyl sites for hydroxylation is 1. The van der Waals surface area contributed by atoms with Gasteiger partial charge in [0.1, 0.15) is 6.54 Å². The molecule has 18 heavy (non-hydrogen) atoms. The van der Waals surface area contributed by atoms with Crippen LogP contribution < -0.4 is 10.6 Å². The zero-order valence-electron chi connectivity index (χ0n) is 10.3. The Labute approximate surface area is 110 Å². The summed E-state index contributed by atoms with van der Waals surface area (Å²) in [6, 6.07) is 3.09. The van der Waals surface area contributed by atoms with Gasteiger partial charge in [0.25, 0.3) is 0 Å². The highest BCUT2D eigenvalue weighted by molar-refractivity contribution is 6.33. The maximum absolute atomic E-state index is 12.5. The fourth-order valence-electron chi connectivity index (χ4n) is 1.81. The summed E-state index contributed by atoms with van der Waals surface area (Å²) in [5.74, 6) is 0. The number of alkyl halides is 3. The quantitative estimate of drug-likeness (QED) is 0.845. The summed E-state index contributed by atoms with van der Waals surface area (Å²) >= 11 is 5.87. The van der Waals surface area contributed by atoms with Crippen molar-refractivity contribution in [3.8, 4) is 0 Å². The van der Waals surface area contributed by atoms with Crippen molar-refractivity contribution in [2.45, 2.75) is 26.4 Å². The lowest BCUT2D eigenvalue weighted by molar-refractivity contribution is -0.119. The first-order valence-electron chi connectivity index (χ1n) is 5.62. The molecule has 0 aliphatic carbocycles. The molecule has 0 aliphatic rings. The molecule has 2 N–H and O–H groups in total. The molecule has 1 aromatic carbocycles. The van der Waals surface area contributed by atoms with Gasteiger partial charge in [-0.05, 0) is 31.0 Å². The Morgan fingerprint density at radius 2 is 1.94 bits per heavy atom. The predicted molar refractivity (Wildman–Crippen MR) is 69.2 cm³/mol. The van der Waals surface area contributed by atoms with Crippen molar-refractivity contribution in [2.24, 2.45) is 0 Å². The lowest BCUT2D eigenvalue weighted by Gasteiger charge is -2.27. The van der Waals surface area contributed by atoms with Gasteiger partial charge >= 0.3 is 6.18 Å². The summed E-state index contributed by atoms with van der Waals surface area (Å²) in [4.78, 5) is 1.28. The maximum Gasteiger partial charge on any atom is 0.405 e. The van der Waals surface area contributed by atoms with Gasteiger partial charge in [-0.15, -0.1) is 0 Å². The van der Waals surface area contributed by atoms with Crippen molar-refractivity contribution in [3.05, 3.63) is 22.7 Å². The first-order chi connectivity index (χ1) is 8.24. The minimum atomic E-state index is -4.24. The normalized spacial score (nSPS) is 11.7. The lowest BCUT2D eigenvalue weighted by atomic mass is 10.1. The molecule has 0 saturated carbocycles. The van der Waals surface area contributed by atoms with E-state index in [-0.39, 0.29) is 5.02 Å². The molecule has 1 aromatic rings. The molecular weight excluding hydrogens is 265 g/mol. The van der Waals surface area contributed by atoms with E-state index in [1.54, 1.807) is 13.0 Å². The zero-order chi connectivity index (χ0) is 13.9. The lowest BCUT2D eigenvalue weighted by Crippen LogP contribution is -2.35. The number of rotatable bonds is 4. The topological polar surface area (TPSA) is 29.3 Å². The first-order valence-corrected chi connectivity index (χ1v) is 5.99. The van der Waals surface area contributed by atoms with E-state index < -0.39 is 12.7 Å². The van der Waals surface area contributed by atoms with Gasteiger partial charge in [0, 0.05) is 12.2 Å². The van der Waals surface area contributed by atoms with Gasteiger partial charge in [0.15, 0.2) is 0 Å². The maximum atomic E-state index is 12.5. The van der Waals surface area contributed by atoms with Gasteiger partial charge in [0.2, 0.25) is 0 Å². The van der Waals surface area contributed by atoms with Crippen molar-refractivity contribution in [1.82, 2.24) is 0 Å². The van der Waals surface area contributed by atoms with Crippen molar-refractivity contribution in [3.63, 3.8) is 0 Å². The Kier molecular flexibility index (Phi) is 4.73. The molecule has 0 aliphatic heterocycles. The summed E-state index contributed by atoms with van der Waals surface area (Å²) in [6.45, 7) is 2.89. The van der Waals surface area contributed by atoms with E-state index >= 15 is 0 Å². The van der Waals surface area contributed by atoms with Gasteiger partial charge in [-0.1, -0.05) is 18.5 Å². The summed E-state index contributed by atoms with van der Waals surface area (Å²) in [6.07, 6.45) is -3.62. The molecule has 0 heterocycles. The highest BCUT2D eigenvalue weighted by Gasteiger charge is 2.31. The Balaban J connectivity index is 3.09. The van der Waals surface area contributed by atoms with E-state index in [4.69, 9.17) is 17.3 Å². The Morgan fingerprint density at radius 3 is 2.44 bits per heavy atom. The Hall–Kier alpha value is -1.10. The average Bonchev–Trinajstić information content (AvgIpc) is 2.21. The number of nitrogens with zero attached hydrogens (tertiary/aromatic N) is 1. The molecule has 1 rings (SSSR count). The van der Waals surface area contributed by atoms with Crippen LogP contribution in [0.4, 0.5) is 24.5 Å². The SMILES string of the molecule is CCCN(CC(F)(F)F)c1cc(Cl)c(N)cc1C. The van der Waals surface area contributed by atoms with E-state index in [1.807, 2.05) is 6.92 Å². The standard InChI is InChI=1S/C12H16ClF3N2/c1-3-4-18(7-12(14,15)16)11-6-9(13)10(17)5-8(11)2/h5-6H,3-4,7,17H2,1-2H3. The summed E-state index contributed by atoms with van der Waals surface area (Å²) < 4.78 is 37.6. The van der Waals surface area contributed by atoms with Crippen LogP contribution in [0.3, 0.4) is 0 Å². The minimum absolute atomic E-state index is 0.277. The average molecular weight is 281 g/mol. The second kappa shape index (κ2) is 5.69. The van der Waals surface area contributed by atoms with Crippen LogP contribution in [-0.4, -0.2) is 19.3 Å². The molecule has 0 fully saturated rings. The van der Waals surface area contributed by atoms with Crippen LogP contribution in [-0.2, 0) is 0 Å². The van der Waals surface area contributed by atoms with Crippen LogP contribution in [0.1, 0.15) is 18.9 Å². The second-order valence-corrected chi connectivity index (χ2v) is 4.60. The zero-order valence-corrected chi connectivity index (χ0v) is 11.1. The summed E-state index contributed by atoms with van der Waals surface area (Å²) in [5.41, 5.74) is 7.16. The summed E-state index contributed by atoms with van der Waals surface area (Å²) in [7, 11) is 0. The second-order valence-electron chi connectivity index (χ2n) is 4.20. The monoisotopic (exact) mass is 280 g/mol. The van der Waals surface area contributed by atoms with E-state index in [2.05, 4.69) is 0 Å². The molecule has 0 aromatic heterocycles. The van der Waals surface area contributed by atoms with Gasteiger partial charge in [-0.25, -0.2) is 0 Å². The third-order valence-electron chi connectivity index (χ3n) is 2.52. The van der Waals surface area contributed by atoms with E-state index in [0.717, 1.165) is 0 Å². The number of nitrogen functional groups attached to an aromatic ring is 1. The number of benzene rings is 1. The van der Waals surface area contributed by atoms with Crippen LogP contribution in [0.5, 0.6) is 0 Å². The number of anilines is 2. The number of hydrogen-bond donors (Lipinski definition) is 1. The van der Waals surface area contributed by atoms with E-state index in [1.165, 1.54) is 11.0 Å². The Morgan fingerprint density at radius 1 is 1.33 bits per heavy atom.